The highest BCUT2D eigenvalue weighted by Crippen LogP contribution is 2.67. The summed E-state index contributed by atoms with van der Waals surface area (Å²) in [7, 11) is 0. The van der Waals surface area contributed by atoms with E-state index in [2.05, 4.69) is 40.7 Å². The van der Waals surface area contributed by atoms with Gasteiger partial charge in [0.05, 0.1) is 12.2 Å². The van der Waals surface area contributed by atoms with E-state index in [1.807, 2.05) is 24.3 Å². The van der Waals surface area contributed by atoms with Crippen molar-refractivity contribution in [2.45, 2.75) is 117 Å². The Hall–Kier alpha value is -1.81. The zero-order chi connectivity index (χ0) is 28.8. The number of ether oxygens (including phenoxy) is 3. The van der Waals surface area contributed by atoms with E-state index >= 15 is 0 Å². The quantitative estimate of drug-likeness (QED) is 0.162. The molecule has 0 N–H and O–H groups in total. The van der Waals surface area contributed by atoms with Crippen LogP contribution in [-0.4, -0.2) is 31.4 Å². The first-order chi connectivity index (χ1) is 19.7. The minimum atomic E-state index is -0.197. The summed E-state index contributed by atoms with van der Waals surface area (Å²) in [4.78, 5) is 13.2. The molecule has 6 rings (SSSR count). The lowest BCUT2D eigenvalue weighted by atomic mass is 9.47. The molecule has 1 heterocycles. The van der Waals surface area contributed by atoms with Gasteiger partial charge in [0, 0.05) is 0 Å². The summed E-state index contributed by atoms with van der Waals surface area (Å²) in [6, 6.07) is 7.40. The Morgan fingerprint density at radius 1 is 1.02 bits per heavy atom. The summed E-state index contributed by atoms with van der Waals surface area (Å²) < 4.78 is 17.1. The number of epoxide rings is 1. The van der Waals surface area contributed by atoms with Crippen LogP contribution in [0.1, 0.15) is 116 Å². The average Bonchev–Trinajstić information content (AvgIpc) is 3.70. The Morgan fingerprint density at radius 3 is 2.54 bits per heavy atom. The van der Waals surface area contributed by atoms with Crippen LogP contribution in [0.25, 0.3) is 0 Å². The van der Waals surface area contributed by atoms with Crippen molar-refractivity contribution >= 4 is 5.97 Å². The molecule has 41 heavy (non-hydrogen) atoms. The highest BCUT2D eigenvalue weighted by molar-refractivity contribution is 5.89. The van der Waals surface area contributed by atoms with E-state index in [0.717, 1.165) is 67.1 Å². The molecule has 1 aromatic rings. The Bertz CT molecular complexity index is 1100. The van der Waals surface area contributed by atoms with Crippen LogP contribution in [0.3, 0.4) is 0 Å². The fourth-order valence-corrected chi connectivity index (χ4v) is 10.1. The number of rotatable bonds is 10. The number of carbonyl (C=O) groups is 1. The van der Waals surface area contributed by atoms with Crippen LogP contribution in [0.2, 0.25) is 0 Å². The number of carbonyl (C=O) groups excluding carboxylic acids is 1. The zero-order valence-electron chi connectivity index (χ0n) is 26.3. The lowest BCUT2D eigenvalue weighted by Crippen LogP contribution is -2.51. The molecular formula is C37H54O4. The van der Waals surface area contributed by atoms with E-state index in [1.165, 1.54) is 51.4 Å². The molecule has 4 aliphatic carbocycles. The maximum Gasteiger partial charge on any atom is 0.338 e. The molecule has 1 aromatic carbocycles. The third kappa shape index (κ3) is 5.89. The van der Waals surface area contributed by atoms with Crippen molar-refractivity contribution in [3.63, 3.8) is 0 Å². The molecule has 226 valence electrons. The van der Waals surface area contributed by atoms with Crippen LogP contribution in [-0.2, 0) is 9.47 Å². The molecule has 3 saturated carbocycles. The topological polar surface area (TPSA) is 48.1 Å². The van der Waals surface area contributed by atoms with Crippen LogP contribution < -0.4 is 4.74 Å². The van der Waals surface area contributed by atoms with Gasteiger partial charge in [-0.05, 0) is 122 Å². The Kier molecular flexibility index (Phi) is 8.35. The molecule has 4 nitrogen and oxygen atoms in total. The predicted octanol–water partition coefficient (Wildman–Crippen LogP) is 9.03. The molecule has 0 bridgehead atoms. The minimum absolute atomic E-state index is 0.00282. The first kappa shape index (κ1) is 29.3. The van der Waals surface area contributed by atoms with Gasteiger partial charge in [0.1, 0.15) is 24.6 Å². The van der Waals surface area contributed by atoms with Crippen LogP contribution in [0.4, 0.5) is 0 Å². The summed E-state index contributed by atoms with van der Waals surface area (Å²) in [5, 5.41) is 0. The van der Waals surface area contributed by atoms with Gasteiger partial charge >= 0.3 is 5.97 Å². The van der Waals surface area contributed by atoms with Crippen molar-refractivity contribution in [2.24, 2.45) is 46.3 Å². The zero-order valence-corrected chi connectivity index (χ0v) is 26.3. The van der Waals surface area contributed by atoms with Crippen molar-refractivity contribution in [3.8, 4) is 5.75 Å². The van der Waals surface area contributed by atoms with Gasteiger partial charge in [0.25, 0.3) is 0 Å². The van der Waals surface area contributed by atoms with Gasteiger partial charge < -0.3 is 14.2 Å². The fraction of sp³-hybridized carbons (Fsp3) is 0.757. The number of hydrogen-bond donors (Lipinski definition) is 0. The molecule has 4 fully saturated rings. The van der Waals surface area contributed by atoms with Crippen molar-refractivity contribution in [2.75, 3.05) is 13.2 Å². The Balaban J connectivity index is 1.09. The molecule has 5 aliphatic rings. The van der Waals surface area contributed by atoms with E-state index in [-0.39, 0.29) is 23.6 Å². The monoisotopic (exact) mass is 562 g/mol. The highest BCUT2D eigenvalue weighted by atomic mass is 16.6. The molecule has 9 atom stereocenters. The third-order valence-corrected chi connectivity index (χ3v) is 12.4. The van der Waals surface area contributed by atoms with Gasteiger partial charge in [-0.2, -0.15) is 0 Å². The van der Waals surface area contributed by atoms with E-state index in [9.17, 15) is 4.79 Å². The average molecular weight is 563 g/mol. The van der Waals surface area contributed by atoms with Gasteiger partial charge in [-0.15, -0.1) is 0 Å². The summed E-state index contributed by atoms with van der Waals surface area (Å²) in [6.07, 6.45) is 16.9. The smallest absolute Gasteiger partial charge is 0.338 e. The number of benzene rings is 1. The maximum absolute atomic E-state index is 13.2. The van der Waals surface area contributed by atoms with Crippen LogP contribution in [0, 0.1) is 46.3 Å². The largest absolute Gasteiger partial charge is 0.491 e. The number of allylic oxidation sites excluding steroid dienone is 2. The van der Waals surface area contributed by atoms with E-state index in [4.69, 9.17) is 14.2 Å². The molecular weight excluding hydrogens is 508 g/mol. The minimum Gasteiger partial charge on any atom is -0.491 e. The van der Waals surface area contributed by atoms with Gasteiger partial charge in [-0.25, -0.2) is 4.79 Å². The van der Waals surface area contributed by atoms with Crippen molar-refractivity contribution < 1.29 is 19.0 Å². The maximum atomic E-state index is 13.2. The molecule has 0 spiro atoms. The second kappa shape index (κ2) is 11.7. The predicted molar refractivity (Wildman–Crippen MR) is 164 cm³/mol. The molecule has 0 aromatic heterocycles. The third-order valence-electron chi connectivity index (χ3n) is 12.4. The van der Waals surface area contributed by atoms with Gasteiger partial charge in [0.15, 0.2) is 0 Å². The van der Waals surface area contributed by atoms with E-state index in [0.29, 0.717) is 17.6 Å². The van der Waals surface area contributed by atoms with Gasteiger partial charge in [-0.3, -0.25) is 0 Å². The summed E-state index contributed by atoms with van der Waals surface area (Å²) in [5.74, 6) is 5.49. The number of esters is 1. The highest BCUT2D eigenvalue weighted by Gasteiger charge is 2.59. The number of hydrogen-bond acceptors (Lipinski definition) is 4. The molecule has 2 unspecified atom stereocenters. The lowest BCUT2D eigenvalue weighted by molar-refractivity contribution is -0.0670. The molecule has 0 radical (unpaired) electrons. The van der Waals surface area contributed by atoms with Crippen LogP contribution in [0.15, 0.2) is 35.9 Å². The fourth-order valence-electron chi connectivity index (χ4n) is 10.1. The van der Waals surface area contributed by atoms with Crippen LogP contribution >= 0.6 is 0 Å². The summed E-state index contributed by atoms with van der Waals surface area (Å²) in [5.41, 5.74) is 2.94. The second-order valence-corrected chi connectivity index (χ2v) is 15.4. The Labute approximate surface area is 249 Å². The second-order valence-electron chi connectivity index (χ2n) is 15.4. The van der Waals surface area contributed by atoms with Crippen molar-refractivity contribution in [3.05, 3.63) is 41.5 Å². The van der Waals surface area contributed by atoms with Crippen LogP contribution in [0.5, 0.6) is 5.75 Å². The summed E-state index contributed by atoms with van der Waals surface area (Å²) >= 11 is 0. The van der Waals surface area contributed by atoms with Gasteiger partial charge in [0.2, 0.25) is 0 Å². The van der Waals surface area contributed by atoms with E-state index in [1.54, 1.807) is 5.57 Å². The summed E-state index contributed by atoms with van der Waals surface area (Å²) in [6.45, 7) is 13.8. The van der Waals surface area contributed by atoms with Crippen molar-refractivity contribution in [1.29, 1.82) is 0 Å². The van der Waals surface area contributed by atoms with E-state index < -0.39 is 0 Å². The first-order valence-electron chi connectivity index (χ1n) is 16.9. The molecule has 1 saturated heterocycles. The number of fused-ring (bicyclic) bond motifs is 5. The molecule has 1 aliphatic heterocycles. The van der Waals surface area contributed by atoms with Gasteiger partial charge in [-0.1, -0.05) is 65.5 Å². The first-order valence-corrected chi connectivity index (χ1v) is 16.9. The Morgan fingerprint density at radius 2 is 1.80 bits per heavy atom. The normalized spacial score (nSPS) is 38.3. The SMILES string of the molecule is CC(C)CCC[C@@H](C)[C@H]1CC[C@H]2[C@@H]3CC=C4CCC(OC(=O)c5ccc(OCC6CO6)cc5)C[C@]4(C)[C@H]3CC[C@]12C. The molecule has 0 amide bonds. The standard InChI is InChI=1S/C37H54O4/c1-24(2)7-6-8-25(3)32-17-18-33-31-16-12-27-11-15-29(21-37(27,5)34(31)19-20-36(32,33)4)41-35(38)26-9-13-28(14-10-26)39-22-30-23-40-30/h9-10,12-14,24-25,29-34H,6-8,11,15-23H2,1-5H3/t25-,29?,30?,31+,32-,33+,34+,36-,37+/m1/s1. The molecule has 4 heteroatoms. The van der Waals surface area contributed by atoms with Crippen molar-refractivity contribution in [1.82, 2.24) is 0 Å². The lowest BCUT2D eigenvalue weighted by Gasteiger charge is -2.58.